The molecule has 0 spiro atoms. The average molecular weight is 561 g/mol. The molecule has 2 aromatic carbocycles. The fraction of sp³-hybridized carbons (Fsp3) is 0.438. The van der Waals surface area contributed by atoms with E-state index in [-0.39, 0.29) is 12.5 Å². The lowest BCUT2D eigenvalue weighted by Crippen LogP contribution is -2.14. The van der Waals surface area contributed by atoms with Gasteiger partial charge in [0.25, 0.3) is 0 Å². The molecule has 0 saturated carbocycles. The van der Waals surface area contributed by atoms with Crippen molar-refractivity contribution in [3.8, 4) is 33.6 Å². The normalized spacial score (nSPS) is 20.7. The molecule has 4 aromatic rings. The van der Waals surface area contributed by atoms with Gasteiger partial charge in [-0.15, -0.1) is 0 Å². The van der Waals surface area contributed by atoms with Crippen LogP contribution in [0.3, 0.4) is 0 Å². The molecule has 2 aromatic heterocycles. The minimum Gasteiger partial charge on any atom is -0.344 e. The van der Waals surface area contributed by atoms with Crippen molar-refractivity contribution in [3.05, 3.63) is 71.1 Å². The molecular formula is C32H35F3N6. The molecule has 6 nitrogen and oxygen atoms in total. The first-order valence-electron chi connectivity index (χ1n) is 14.9. The zero-order chi connectivity index (χ0) is 28.0. The number of benzene rings is 2. The maximum Gasteiger partial charge on any atom is 0.389 e. The minimum atomic E-state index is -4.22. The van der Waals surface area contributed by atoms with E-state index in [1.54, 1.807) is 0 Å². The number of halogens is 3. The molecule has 4 heterocycles. The average Bonchev–Trinajstić information content (AvgIpc) is 3.78. The third-order valence-electron chi connectivity index (χ3n) is 8.76. The number of aryl methyl sites for hydroxylation is 3. The number of H-pyrrole nitrogens is 2. The van der Waals surface area contributed by atoms with E-state index >= 15 is 0 Å². The number of nitrogens with zero attached hydrogens (tertiary/aromatic N) is 2. The van der Waals surface area contributed by atoms with Gasteiger partial charge in [0.05, 0.1) is 23.5 Å². The van der Waals surface area contributed by atoms with Gasteiger partial charge in [0.15, 0.2) is 0 Å². The third-order valence-corrected chi connectivity index (χ3v) is 8.76. The van der Waals surface area contributed by atoms with Crippen LogP contribution in [0.4, 0.5) is 13.2 Å². The molecule has 3 aliphatic rings. The molecule has 7 rings (SSSR count). The Bertz CT molecular complexity index is 1520. The van der Waals surface area contributed by atoms with Crippen LogP contribution in [0.1, 0.15) is 79.2 Å². The first-order valence-corrected chi connectivity index (χ1v) is 14.9. The van der Waals surface area contributed by atoms with Crippen molar-refractivity contribution in [3.63, 3.8) is 0 Å². The second kappa shape index (κ2) is 10.8. The van der Waals surface area contributed by atoms with Gasteiger partial charge in [0, 0.05) is 28.9 Å². The standard InChI is InChI=1S/C32H35F3N6/c33-32(34,35)15-14-25-28(40-30(39-25)26-6-2-16-36-26)21-11-8-19(9-12-21)22-13-10-20-4-1-5-24-29(23(20)18-22)41-31(38-24)27-7-3-17-37-27/h8-13,18,26-27,36-37H,1-7,14-17H2,(H,38,41)(H,39,40)/t26-,27-/m0/s1. The van der Waals surface area contributed by atoms with Gasteiger partial charge in [-0.1, -0.05) is 36.4 Å². The summed E-state index contributed by atoms with van der Waals surface area (Å²) in [6.07, 6.45) is 2.15. The van der Waals surface area contributed by atoms with Gasteiger partial charge in [0.2, 0.25) is 0 Å². The molecular weight excluding hydrogens is 525 g/mol. The SMILES string of the molecule is FC(F)(F)CCc1[nH]c([C@@H]2CCCN2)nc1-c1ccc(-c2ccc3c(c2)-c2nc([C@@H]4CCCN4)[nH]c2CCC3)cc1. The lowest BCUT2D eigenvalue weighted by atomic mass is 9.95. The van der Waals surface area contributed by atoms with Gasteiger partial charge in [-0.3, -0.25) is 0 Å². The Morgan fingerprint density at radius 2 is 1.39 bits per heavy atom. The molecule has 0 unspecified atom stereocenters. The van der Waals surface area contributed by atoms with Crippen LogP contribution in [-0.4, -0.2) is 39.2 Å². The summed E-state index contributed by atoms with van der Waals surface area (Å²) in [7, 11) is 0. The van der Waals surface area contributed by atoms with E-state index < -0.39 is 12.6 Å². The zero-order valence-electron chi connectivity index (χ0n) is 23.0. The second-order valence-electron chi connectivity index (χ2n) is 11.6. The number of fused-ring (bicyclic) bond motifs is 3. The molecule has 2 atom stereocenters. The predicted octanol–water partition coefficient (Wildman–Crippen LogP) is 6.97. The highest BCUT2D eigenvalue weighted by Crippen LogP contribution is 2.37. The van der Waals surface area contributed by atoms with Gasteiger partial charge < -0.3 is 20.6 Å². The van der Waals surface area contributed by atoms with Crippen molar-refractivity contribution in [1.82, 2.24) is 30.6 Å². The number of aromatic nitrogens is 4. The first-order chi connectivity index (χ1) is 19.9. The minimum absolute atomic E-state index is 0.0594. The molecule has 214 valence electrons. The van der Waals surface area contributed by atoms with Crippen molar-refractivity contribution in [1.29, 1.82) is 0 Å². The van der Waals surface area contributed by atoms with E-state index in [9.17, 15) is 13.2 Å². The predicted molar refractivity (Wildman–Crippen MR) is 153 cm³/mol. The molecule has 2 saturated heterocycles. The Hall–Kier alpha value is -3.43. The number of hydrogen-bond donors (Lipinski definition) is 4. The third kappa shape index (κ3) is 5.45. The smallest absolute Gasteiger partial charge is 0.344 e. The van der Waals surface area contributed by atoms with E-state index in [4.69, 9.17) is 9.97 Å². The number of nitrogens with one attached hydrogen (secondary N) is 4. The van der Waals surface area contributed by atoms with Crippen LogP contribution >= 0.6 is 0 Å². The molecule has 4 N–H and O–H groups in total. The number of hydrogen-bond acceptors (Lipinski definition) is 4. The van der Waals surface area contributed by atoms with Crippen LogP contribution in [0, 0.1) is 0 Å². The maximum atomic E-state index is 13.1. The van der Waals surface area contributed by atoms with Gasteiger partial charge in [-0.25, -0.2) is 9.97 Å². The van der Waals surface area contributed by atoms with Crippen molar-refractivity contribution in [2.75, 3.05) is 13.1 Å². The molecule has 41 heavy (non-hydrogen) atoms. The van der Waals surface area contributed by atoms with Crippen LogP contribution < -0.4 is 10.6 Å². The van der Waals surface area contributed by atoms with E-state index in [2.05, 4.69) is 38.8 Å². The Morgan fingerprint density at radius 1 is 0.732 bits per heavy atom. The van der Waals surface area contributed by atoms with Gasteiger partial charge >= 0.3 is 6.18 Å². The van der Waals surface area contributed by atoms with E-state index in [1.807, 2.05) is 24.3 Å². The van der Waals surface area contributed by atoms with Crippen LogP contribution in [0.25, 0.3) is 33.6 Å². The number of imidazole rings is 2. The summed E-state index contributed by atoms with van der Waals surface area (Å²) in [5.41, 5.74) is 8.93. The second-order valence-corrected chi connectivity index (χ2v) is 11.6. The summed E-state index contributed by atoms with van der Waals surface area (Å²) in [4.78, 5) is 16.7. The molecule has 0 amide bonds. The molecule has 0 bridgehead atoms. The number of alkyl halides is 3. The van der Waals surface area contributed by atoms with Crippen molar-refractivity contribution in [2.24, 2.45) is 0 Å². The van der Waals surface area contributed by atoms with Gasteiger partial charge in [0.1, 0.15) is 11.6 Å². The fourth-order valence-corrected chi connectivity index (χ4v) is 6.59. The van der Waals surface area contributed by atoms with Crippen molar-refractivity contribution in [2.45, 2.75) is 76.0 Å². The highest BCUT2D eigenvalue weighted by Gasteiger charge is 2.29. The maximum absolute atomic E-state index is 13.1. The largest absolute Gasteiger partial charge is 0.389 e. The Labute approximate surface area is 237 Å². The fourth-order valence-electron chi connectivity index (χ4n) is 6.59. The lowest BCUT2D eigenvalue weighted by molar-refractivity contribution is -0.134. The Kier molecular flexibility index (Phi) is 6.95. The van der Waals surface area contributed by atoms with E-state index in [1.165, 1.54) is 23.2 Å². The summed E-state index contributed by atoms with van der Waals surface area (Å²) < 4.78 is 39.3. The first kappa shape index (κ1) is 26.5. The molecule has 1 aliphatic carbocycles. The molecule has 9 heteroatoms. The topological polar surface area (TPSA) is 81.4 Å². The quantitative estimate of drug-likeness (QED) is 0.205. The number of rotatable bonds is 6. The van der Waals surface area contributed by atoms with E-state index in [0.717, 1.165) is 85.6 Å². The summed E-state index contributed by atoms with van der Waals surface area (Å²) in [6, 6.07) is 15.0. The lowest BCUT2D eigenvalue weighted by Gasteiger charge is -2.11. The Balaban J connectivity index is 1.19. The van der Waals surface area contributed by atoms with E-state index in [0.29, 0.717) is 17.4 Å². The van der Waals surface area contributed by atoms with Crippen LogP contribution in [0.2, 0.25) is 0 Å². The summed E-state index contributed by atoms with van der Waals surface area (Å²) in [6.45, 7) is 1.93. The summed E-state index contributed by atoms with van der Waals surface area (Å²) >= 11 is 0. The molecule has 2 aliphatic heterocycles. The van der Waals surface area contributed by atoms with Crippen LogP contribution in [0.5, 0.6) is 0 Å². The van der Waals surface area contributed by atoms with Crippen LogP contribution in [0.15, 0.2) is 42.5 Å². The highest BCUT2D eigenvalue weighted by atomic mass is 19.4. The summed E-state index contributed by atoms with van der Waals surface area (Å²) in [5, 5.41) is 6.95. The van der Waals surface area contributed by atoms with Crippen molar-refractivity contribution < 1.29 is 13.2 Å². The van der Waals surface area contributed by atoms with Gasteiger partial charge in [-0.05, 0) is 87.2 Å². The zero-order valence-corrected chi connectivity index (χ0v) is 23.0. The Morgan fingerprint density at radius 3 is 2.07 bits per heavy atom. The molecule has 2 fully saturated rings. The monoisotopic (exact) mass is 560 g/mol. The van der Waals surface area contributed by atoms with Gasteiger partial charge in [-0.2, -0.15) is 13.2 Å². The van der Waals surface area contributed by atoms with Crippen LogP contribution in [-0.2, 0) is 19.3 Å². The number of aromatic amines is 2. The molecule has 0 radical (unpaired) electrons. The van der Waals surface area contributed by atoms with Crippen molar-refractivity contribution >= 4 is 0 Å². The summed E-state index contributed by atoms with van der Waals surface area (Å²) in [5.74, 6) is 1.77. The highest BCUT2D eigenvalue weighted by molar-refractivity contribution is 5.77.